The van der Waals surface area contributed by atoms with Gasteiger partial charge in [-0.25, -0.2) is 0 Å². The van der Waals surface area contributed by atoms with E-state index in [-0.39, 0.29) is 0 Å². The van der Waals surface area contributed by atoms with E-state index >= 15 is 0 Å². The molecule has 0 aliphatic rings. The molecule has 1 aromatic rings. The summed E-state index contributed by atoms with van der Waals surface area (Å²) < 4.78 is 5.17. The summed E-state index contributed by atoms with van der Waals surface area (Å²) >= 11 is 0. The summed E-state index contributed by atoms with van der Waals surface area (Å²) in [6.45, 7) is 8.00. The van der Waals surface area contributed by atoms with Gasteiger partial charge in [0.25, 0.3) is 0 Å². The van der Waals surface area contributed by atoms with Gasteiger partial charge in [-0.05, 0) is 31.0 Å². The molecule has 0 unspecified atom stereocenters. The van der Waals surface area contributed by atoms with E-state index in [4.69, 9.17) is 10.1 Å². The van der Waals surface area contributed by atoms with Crippen LogP contribution in [0.25, 0.3) is 0 Å². The number of nitrogens with one attached hydrogen (secondary N) is 1. The molecule has 78 valence electrons. The highest BCUT2D eigenvalue weighted by Crippen LogP contribution is 2.22. The Morgan fingerprint density at radius 1 is 1.21 bits per heavy atom. The van der Waals surface area contributed by atoms with Gasteiger partial charge in [0.15, 0.2) is 0 Å². The van der Waals surface area contributed by atoms with Gasteiger partial charge in [0.05, 0.1) is 7.11 Å². The fraction of sp³-hybridized carbons (Fsp3) is 0.417. The van der Waals surface area contributed by atoms with E-state index in [1.54, 1.807) is 7.11 Å². The van der Waals surface area contributed by atoms with E-state index in [0.717, 1.165) is 22.4 Å². The molecule has 0 aliphatic carbocycles. The average molecular weight is 193 g/mol. The molecule has 0 aromatic heterocycles. The van der Waals surface area contributed by atoms with Gasteiger partial charge < -0.3 is 10.1 Å². The van der Waals surface area contributed by atoms with Crippen LogP contribution in [-0.4, -0.2) is 13.3 Å². The number of aryl methyl sites for hydroxylation is 2. The molecule has 0 heterocycles. The van der Waals surface area contributed by atoms with Gasteiger partial charge in [-0.1, -0.05) is 19.9 Å². The predicted octanol–water partition coefficient (Wildman–Crippen LogP) is 3.34. The topological polar surface area (TPSA) is 33.1 Å². The van der Waals surface area contributed by atoms with Crippen LogP contribution in [0.1, 0.15) is 30.5 Å². The lowest BCUT2D eigenvalue weighted by Gasteiger charge is -2.08. The molecule has 1 rings (SSSR count). The Labute approximate surface area is 86.4 Å². The molecule has 0 saturated heterocycles. The highest BCUT2D eigenvalue weighted by atomic mass is 16.5. The second-order valence-corrected chi connectivity index (χ2v) is 2.85. The van der Waals surface area contributed by atoms with E-state index in [0.29, 0.717) is 0 Å². The number of hydrogen-bond acceptors (Lipinski definition) is 2. The van der Waals surface area contributed by atoms with Crippen molar-refractivity contribution in [2.75, 3.05) is 7.11 Å². The SMILES string of the molecule is CC.COc1c(C)cc(C)cc1C=N. The van der Waals surface area contributed by atoms with Crippen molar-refractivity contribution in [3.63, 3.8) is 0 Å². The lowest BCUT2D eigenvalue weighted by Crippen LogP contribution is -1.94. The summed E-state index contributed by atoms with van der Waals surface area (Å²) in [5.74, 6) is 0.801. The van der Waals surface area contributed by atoms with Crippen LogP contribution in [0.5, 0.6) is 5.75 Å². The minimum atomic E-state index is 0.801. The van der Waals surface area contributed by atoms with Crippen LogP contribution in [0.3, 0.4) is 0 Å². The first-order valence-electron chi connectivity index (χ1n) is 4.84. The van der Waals surface area contributed by atoms with Gasteiger partial charge in [0.2, 0.25) is 0 Å². The fourth-order valence-corrected chi connectivity index (χ4v) is 1.37. The van der Waals surface area contributed by atoms with Crippen LogP contribution in [0, 0.1) is 19.3 Å². The second-order valence-electron chi connectivity index (χ2n) is 2.85. The van der Waals surface area contributed by atoms with Gasteiger partial charge in [-0.3, -0.25) is 0 Å². The molecular formula is C12H19NO. The summed E-state index contributed by atoms with van der Waals surface area (Å²) in [6.07, 6.45) is 1.32. The molecule has 14 heavy (non-hydrogen) atoms. The molecule has 2 nitrogen and oxygen atoms in total. The Bertz CT molecular complexity index is 305. The summed E-state index contributed by atoms with van der Waals surface area (Å²) in [6, 6.07) is 3.99. The van der Waals surface area contributed by atoms with Crippen LogP contribution in [-0.2, 0) is 0 Å². The van der Waals surface area contributed by atoms with Crippen molar-refractivity contribution < 1.29 is 4.74 Å². The third-order valence-corrected chi connectivity index (χ3v) is 1.81. The van der Waals surface area contributed by atoms with Crippen LogP contribution in [0.2, 0.25) is 0 Å². The molecule has 0 fully saturated rings. The lowest BCUT2D eigenvalue weighted by molar-refractivity contribution is 0.411. The smallest absolute Gasteiger partial charge is 0.130 e. The molecule has 0 bridgehead atoms. The van der Waals surface area contributed by atoms with Crippen molar-refractivity contribution in [3.05, 3.63) is 28.8 Å². The van der Waals surface area contributed by atoms with Crippen molar-refractivity contribution in [2.24, 2.45) is 0 Å². The van der Waals surface area contributed by atoms with Crippen LogP contribution in [0.4, 0.5) is 0 Å². The molecule has 0 aliphatic heterocycles. The standard InChI is InChI=1S/C10H13NO.C2H6/c1-7-4-8(2)10(12-3)9(5-7)6-11;1-2/h4-6,11H,1-3H3;1-2H3. The van der Waals surface area contributed by atoms with Gasteiger partial charge in [-0.15, -0.1) is 0 Å². The van der Waals surface area contributed by atoms with Crippen molar-refractivity contribution in [3.8, 4) is 5.75 Å². The third-order valence-electron chi connectivity index (χ3n) is 1.81. The maximum Gasteiger partial charge on any atom is 0.130 e. The fourth-order valence-electron chi connectivity index (χ4n) is 1.37. The predicted molar refractivity (Wildman–Crippen MR) is 61.7 cm³/mol. The number of hydrogen-bond donors (Lipinski definition) is 1. The summed E-state index contributed by atoms with van der Waals surface area (Å²) in [5.41, 5.74) is 3.08. The number of ether oxygens (including phenoxy) is 1. The van der Waals surface area contributed by atoms with Crippen molar-refractivity contribution in [2.45, 2.75) is 27.7 Å². The van der Waals surface area contributed by atoms with E-state index in [2.05, 4.69) is 0 Å². The lowest BCUT2D eigenvalue weighted by atomic mass is 10.1. The average Bonchev–Trinajstić information content (AvgIpc) is 2.19. The molecule has 1 N–H and O–H groups in total. The molecule has 0 radical (unpaired) electrons. The van der Waals surface area contributed by atoms with E-state index in [1.165, 1.54) is 6.21 Å². The first-order chi connectivity index (χ1) is 6.69. The van der Waals surface area contributed by atoms with E-state index in [1.807, 2.05) is 39.8 Å². The highest BCUT2D eigenvalue weighted by molar-refractivity contribution is 5.82. The monoisotopic (exact) mass is 193 g/mol. The molecule has 0 saturated carbocycles. The molecule has 1 aromatic carbocycles. The largest absolute Gasteiger partial charge is 0.496 e. The third kappa shape index (κ3) is 2.87. The minimum absolute atomic E-state index is 0.801. The summed E-state index contributed by atoms with van der Waals surface area (Å²) in [4.78, 5) is 0. The van der Waals surface area contributed by atoms with Gasteiger partial charge in [-0.2, -0.15) is 0 Å². The number of rotatable bonds is 2. The summed E-state index contributed by atoms with van der Waals surface area (Å²) in [7, 11) is 1.63. The maximum atomic E-state index is 7.18. The van der Waals surface area contributed by atoms with Crippen molar-refractivity contribution in [1.29, 1.82) is 5.41 Å². The molecule has 2 heteroatoms. The Morgan fingerprint density at radius 3 is 2.21 bits per heavy atom. The zero-order valence-electron chi connectivity index (χ0n) is 9.64. The first-order valence-corrected chi connectivity index (χ1v) is 4.84. The Morgan fingerprint density at radius 2 is 1.79 bits per heavy atom. The van der Waals surface area contributed by atoms with Gasteiger partial charge in [0.1, 0.15) is 5.75 Å². The van der Waals surface area contributed by atoms with Gasteiger partial charge >= 0.3 is 0 Å². The Balaban J connectivity index is 0.000000791. The molecule has 0 atom stereocenters. The van der Waals surface area contributed by atoms with Crippen LogP contribution < -0.4 is 4.74 Å². The van der Waals surface area contributed by atoms with Gasteiger partial charge in [0, 0.05) is 11.8 Å². The number of benzene rings is 1. The summed E-state index contributed by atoms with van der Waals surface area (Å²) in [5, 5.41) is 7.18. The highest BCUT2D eigenvalue weighted by Gasteiger charge is 2.03. The van der Waals surface area contributed by atoms with E-state index < -0.39 is 0 Å². The Hall–Kier alpha value is -1.31. The van der Waals surface area contributed by atoms with Crippen LogP contribution in [0.15, 0.2) is 12.1 Å². The van der Waals surface area contributed by atoms with Crippen LogP contribution >= 0.6 is 0 Å². The maximum absolute atomic E-state index is 7.18. The van der Waals surface area contributed by atoms with E-state index in [9.17, 15) is 0 Å². The zero-order valence-corrected chi connectivity index (χ0v) is 9.64. The van der Waals surface area contributed by atoms with Crippen molar-refractivity contribution in [1.82, 2.24) is 0 Å². The molecule has 0 spiro atoms. The Kier molecular flexibility index (Phi) is 5.61. The minimum Gasteiger partial charge on any atom is -0.496 e. The molecule has 0 amide bonds. The van der Waals surface area contributed by atoms with Crippen molar-refractivity contribution >= 4 is 6.21 Å². The molecular weight excluding hydrogens is 174 g/mol. The second kappa shape index (κ2) is 6.19. The number of methoxy groups -OCH3 is 1. The normalized spacial score (nSPS) is 8.64. The first kappa shape index (κ1) is 12.7. The zero-order chi connectivity index (χ0) is 11.1. The quantitative estimate of drug-likeness (QED) is 0.718.